The van der Waals surface area contributed by atoms with Crippen LogP contribution in [0.2, 0.25) is 0 Å². The van der Waals surface area contributed by atoms with Gasteiger partial charge in [0.15, 0.2) is 0 Å². The Labute approximate surface area is 78.1 Å². The van der Waals surface area contributed by atoms with Crippen molar-refractivity contribution < 1.29 is 4.74 Å². The van der Waals surface area contributed by atoms with Crippen LogP contribution in [0.4, 0.5) is 0 Å². The Morgan fingerprint density at radius 3 is 2.45 bits per heavy atom. The first-order valence-corrected chi connectivity index (χ1v) is 6.64. The second-order valence-electron chi connectivity index (χ2n) is 2.34. The molecule has 0 amide bonds. The Bertz CT molecular complexity index is 61.1. The number of rotatable bonds is 8. The third kappa shape index (κ3) is 10.7. The van der Waals surface area contributed by atoms with Crippen molar-refractivity contribution in [3.05, 3.63) is 0 Å². The second-order valence-corrected chi connectivity index (χ2v) is 5.05. The van der Waals surface area contributed by atoms with Crippen LogP contribution in [0.5, 0.6) is 0 Å². The number of hydrogen-bond donors (Lipinski definition) is 0. The zero-order chi connectivity index (χ0) is 8.36. The largest absolute Gasteiger partial charge is 0.384 e. The smallest absolute Gasteiger partial charge is 0.0561 e. The van der Waals surface area contributed by atoms with Gasteiger partial charge in [-0.2, -0.15) is 0 Å². The van der Waals surface area contributed by atoms with Crippen LogP contribution < -0.4 is 0 Å². The van der Waals surface area contributed by atoms with E-state index in [-0.39, 0.29) is 0 Å². The first kappa shape index (κ1) is 11.7. The van der Waals surface area contributed by atoms with Crippen LogP contribution in [-0.4, -0.2) is 25.2 Å². The monoisotopic (exact) mass is 194 g/mol. The van der Waals surface area contributed by atoms with Crippen LogP contribution >= 0.6 is 21.6 Å². The lowest BCUT2D eigenvalue weighted by Gasteiger charge is -1.99. The van der Waals surface area contributed by atoms with E-state index in [1.54, 1.807) is 7.11 Å². The molecule has 0 spiro atoms. The molecule has 0 radical (unpaired) electrons. The summed E-state index contributed by atoms with van der Waals surface area (Å²) in [5, 5.41) is 0. The Morgan fingerprint density at radius 1 is 1.09 bits per heavy atom. The molecule has 3 heteroatoms. The summed E-state index contributed by atoms with van der Waals surface area (Å²) < 4.78 is 4.94. The SMILES string of the molecule is CCCCCSSCCOC. The molecule has 11 heavy (non-hydrogen) atoms. The van der Waals surface area contributed by atoms with Gasteiger partial charge in [-0.25, -0.2) is 0 Å². The first-order chi connectivity index (χ1) is 5.41. The van der Waals surface area contributed by atoms with Gasteiger partial charge in [0, 0.05) is 18.6 Å². The summed E-state index contributed by atoms with van der Waals surface area (Å²) in [5.74, 6) is 2.41. The van der Waals surface area contributed by atoms with Gasteiger partial charge in [0.25, 0.3) is 0 Å². The zero-order valence-corrected chi connectivity index (χ0v) is 9.10. The molecule has 0 rings (SSSR count). The normalized spacial score (nSPS) is 10.4. The molecule has 0 fully saturated rings. The summed E-state index contributed by atoms with van der Waals surface area (Å²) >= 11 is 0. The predicted octanol–water partition coefficient (Wildman–Crippen LogP) is 3.20. The molecule has 0 unspecified atom stereocenters. The molecule has 0 aliphatic heterocycles. The van der Waals surface area contributed by atoms with Crippen molar-refractivity contribution in [3.63, 3.8) is 0 Å². The summed E-state index contributed by atoms with van der Waals surface area (Å²) in [6.45, 7) is 3.12. The van der Waals surface area contributed by atoms with Crippen molar-refractivity contribution in [1.29, 1.82) is 0 Å². The quantitative estimate of drug-likeness (QED) is 0.434. The molecular weight excluding hydrogens is 176 g/mol. The van der Waals surface area contributed by atoms with Crippen molar-refractivity contribution in [3.8, 4) is 0 Å². The minimum atomic E-state index is 0.880. The molecule has 0 aromatic heterocycles. The Hall–Kier alpha value is 0.660. The minimum absolute atomic E-state index is 0.880. The molecule has 1 nitrogen and oxygen atoms in total. The molecule has 0 aliphatic carbocycles. The topological polar surface area (TPSA) is 9.23 Å². The van der Waals surface area contributed by atoms with E-state index in [1.165, 1.54) is 25.0 Å². The van der Waals surface area contributed by atoms with E-state index in [1.807, 2.05) is 21.6 Å². The average Bonchev–Trinajstić information content (AvgIpc) is 2.03. The van der Waals surface area contributed by atoms with Gasteiger partial charge in [0.05, 0.1) is 6.61 Å². The molecule has 0 aromatic carbocycles. The van der Waals surface area contributed by atoms with Gasteiger partial charge in [-0.05, 0) is 6.42 Å². The van der Waals surface area contributed by atoms with E-state index in [9.17, 15) is 0 Å². The van der Waals surface area contributed by atoms with E-state index in [2.05, 4.69) is 6.92 Å². The molecule has 0 heterocycles. The summed E-state index contributed by atoms with van der Waals surface area (Å²) in [6.07, 6.45) is 4.06. The van der Waals surface area contributed by atoms with Crippen molar-refractivity contribution in [2.24, 2.45) is 0 Å². The van der Waals surface area contributed by atoms with Crippen molar-refractivity contribution in [2.75, 3.05) is 25.2 Å². The number of hydrogen-bond acceptors (Lipinski definition) is 3. The fourth-order valence-corrected chi connectivity index (χ4v) is 2.70. The minimum Gasteiger partial charge on any atom is -0.384 e. The number of ether oxygens (including phenoxy) is 1. The van der Waals surface area contributed by atoms with Crippen LogP contribution in [0.1, 0.15) is 26.2 Å². The van der Waals surface area contributed by atoms with Gasteiger partial charge >= 0.3 is 0 Å². The second kappa shape index (κ2) is 10.7. The van der Waals surface area contributed by atoms with E-state index in [0.717, 1.165) is 12.4 Å². The van der Waals surface area contributed by atoms with Gasteiger partial charge in [0.1, 0.15) is 0 Å². The lowest BCUT2D eigenvalue weighted by atomic mass is 10.3. The van der Waals surface area contributed by atoms with E-state index in [0.29, 0.717) is 0 Å². The van der Waals surface area contributed by atoms with Crippen LogP contribution in [0, 0.1) is 0 Å². The van der Waals surface area contributed by atoms with Gasteiger partial charge < -0.3 is 4.74 Å². The van der Waals surface area contributed by atoms with Gasteiger partial charge in [-0.3, -0.25) is 0 Å². The summed E-state index contributed by atoms with van der Waals surface area (Å²) in [4.78, 5) is 0. The van der Waals surface area contributed by atoms with Crippen LogP contribution in [-0.2, 0) is 4.74 Å². The highest BCUT2D eigenvalue weighted by molar-refractivity contribution is 8.76. The maximum Gasteiger partial charge on any atom is 0.0561 e. The molecule has 0 N–H and O–H groups in total. The van der Waals surface area contributed by atoms with Crippen LogP contribution in [0.3, 0.4) is 0 Å². The average molecular weight is 194 g/mol. The molecule has 0 saturated carbocycles. The molecule has 0 aliphatic rings. The van der Waals surface area contributed by atoms with E-state index >= 15 is 0 Å². The van der Waals surface area contributed by atoms with Gasteiger partial charge in [-0.15, -0.1) is 0 Å². The fraction of sp³-hybridized carbons (Fsp3) is 1.00. The zero-order valence-electron chi connectivity index (χ0n) is 7.47. The highest BCUT2D eigenvalue weighted by atomic mass is 33.1. The van der Waals surface area contributed by atoms with Crippen LogP contribution in [0.25, 0.3) is 0 Å². The first-order valence-electron chi connectivity index (χ1n) is 4.15. The number of methoxy groups -OCH3 is 1. The standard InChI is InChI=1S/C8H18OS2/c1-3-4-5-7-10-11-8-6-9-2/h3-8H2,1-2H3. The Balaban J connectivity index is 2.69. The van der Waals surface area contributed by atoms with Crippen molar-refractivity contribution >= 4 is 21.6 Å². The summed E-state index contributed by atoms with van der Waals surface area (Å²) in [6, 6.07) is 0. The highest BCUT2D eigenvalue weighted by Gasteiger charge is 1.89. The molecule has 0 atom stereocenters. The highest BCUT2D eigenvalue weighted by Crippen LogP contribution is 2.22. The van der Waals surface area contributed by atoms with Gasteiger partial charge in [0.2, 0.25) is 0 Å². The lowest BCUT2D eigenvalue weighted by Crippen LogP contribution is -1.89. The maximum atomic E-state index is 4.94. The third-order valence-corrected chi connectivity index (χ3v) is 3.74. The van der Waals surface area contributed by atoms with Crippen LogP contribution in [0.15, 0.2) is 0 Å². The fourth-order valence-electron chi connectivity index (χ4n) is 0.646. The molecular formula is C8H18OS2. The Kier molecular flexibility index (Phi) is 11.3. The number of unbranched alkanes of at least 4 members (excludes halogenated alkanes) is 2. The van der Waals surface area contributed by atoms with E-state index < -0.39 is 0 Å². The van der Waals surface area contributed by atoms with Crippen molar-refractivity contribution in [2.45, 2.75) is 26.2 Å². The molecule has 0 saturated heterocycles. The van der Waals surface area contributed by atoms with E-state index in [4.69, 9.17) is 4.74 Å². The molecule has 0 bridgehead atoms. The summed E-state index contributed by atoms with van der Waals surface area (Å²) in [5.41, 5.74) is 0. The molecule has 68 valence electrons. The Morgan fingerprint density at radius 2 is 1.82 bits per heavy atom. The third-order valence-electron chi connectivity index (χ3n) is 1.29. The maximum absolute atomic E-state index is 4.94. The van der Waals surface area contributed by atoms with Gasteiger partial charge in [-0.1, -0.05) is 41.4 Å². The predicted molar refractivity (Wildman–Crippen MR) is 56.3 cm³/mol. The summed E-state index contributed by atoms with van der Waals surface area (Å²) in [7, 11) is 5.64. The molecule has 0 aromatic rings. The lowest BCUT2D eigenvalue weighted by molar-refractivity contribution is 0.219. The van der Waals surface area contributed by atoms with Crippen molar-refractivity contribution in [1.82, 2.24) is 0 Å².